The zero-order chi connectivity index (χ0) is 21.3. The molecular formula is C27H19BrN2O. The normalized spacial score (nSPS) is 11.5. The van der Waals surface area contributed by atoms with Crippen LogP contribution in [0.25, 0.3) is 10.9 Å². The Balaban J connectivity index is 1.97. The van der Waals surface area contributed by atoms with Crippen LogP contribution in [0.3, 0.4) is 0 Å². The van der Waals surface area contributed by atoms with E-state index in [0.29, 0.717) is 10.2 Å². The Morgan fingerprint density at radius 1 is 0.710 bits per heavy atom. The number of carbonyl (C=O) groups is 1. The minimum absolute atomic E-state index is 0.623. The van der Waals surface area contributed by atoms with E-state index in [-0.39, 0.29) is 0 Å². The molecule has 150 valence electrons. The van der Waals surface area contributed by atoms with Gasteiger partial charge in [0.2, 0.25) is 0 Å². The molecule has 0 radical (unpaired) electrons. The maximum atomic E-state index is 11.4. The lowest BCUT2D eigenvalue weighted by Gasteiger charge is -2.37. The summed E-state index contributed by atoms with van der Waals surface area (Å²) in [5, 5.41) is 5.88. The highest BCUT2D eigenvalue weighted by Crippen LogP contribution is 2.43. The molecule has 1 aromatic heterocycles. The third-order valence-corrected chi connectivity index (χ3v) is 6.27. The van der Waals surface area contributed by atoms with Gasteiger partial charge in [0.15, 0.2) is 0 Å². The van der Waals surface area contributed by atoms with Crippen LogP contribution in [0.5, 0.6) is 0 Å². The Hall–Kier alpha value is -3.50. The summed E-state index contributed by atoms with van der Waals surface area (Å²) in [4.78, 5) is 11.4. The largest absolute Gasteiger partial charge is 0.298 e. The molecule has 3 nitrogen and oxygen atoms in total. The molecular weight excluding hydrogens is 448 g/mol. The van der Waals surface area contributed by atoms with Gasteiger partial charge in [-0.1, -0.05) is 91.0 Å². The van der Waals surface area contributed by atoms with E-state index < -0.39 is 5.54 Å². The Labute approximate surface area is 189 Å². The van der Waals surface area contributed by atoms with Gasteiger partial charge in [0, 0.05) is 10.9 Å². The number of hydrogen-bond donors (Lipinski definition) is 0. The molecule has 0 N–H and O–H groups in total. The van der Waals surface area contributed by atoms with Crippen molar-refractivity contribution in [1.29, 1.82) is 0 Å². The summed E-state index contributed by atoms with van der Waals surface area (Å²) in [6.07, 6.45) is 0.863. The van der Waals surface area contributed by atoms with Crippen LogP contribution in [-0.2, 0) is 5.54 Å². The fourth-order valence-corrected chi connectivity index (χ4v) is 4.81. The number of rotatable bonds is 5. The van der Waals surface area contributed by atoms with E-state index in [2.05, 4.69) is 93.4 Å². The van der Waals surface area contributed by atoms with Crippen LogP contribution in [-0.4, -0.2) is 16.1 Å². The van der Waals surface area contributed by atoms with Crippen molar-refractivity contribution in [3.8, 4) is 0 Å². The second-order valence-corrected chi connectivity index (χ2v) is 8.16. The zero-order valence-corrected chi connectivity index (χ0v) is 18.2. The van der Waals surface area contributed by atoms with Crippen molar-refractivity contribution >= 4 is 33.1 Å². The van der Waals surface area contributed by atoms with Crippen LogP contribution in [0.1, 0.15) is 27.0 Å². The Bertz CT molecular complexity index is 1250. The predicted octanol–water partition coefficient (Wildman–Crippen LogP) is 6.45. The number of halogens is 1. The van der Waals surface area contributed by atoms with E-state index >= 15 is 0 Å². The topological polar surface area (TPSA) is 34.9 Å². The van der Waals surface area contributed by atoms with Gasteiger partial charge in [-0.15, -0.1) is 0 Å². The maximum absolute atomic E-state index is 11.4. The lowest BCUT2D eigenvalue weighted by Crippen LogP contribution is -2.38. The van der Waals surface area contributed by atoms with Gasteiger partial charge < -0.3 is 0 Å². The van der Waals surface area contributed by atoms with Crippen molar-refractivity contribution < 1.29 is 4.79 Å². The van der Waals surface area contributed by atoms with Crippen LogP contribution in [0, 0.1) is 0 Å². The molecule has 31 heavy (non-hydrogen) atoms. The first-order valence-corrected chi connectivity index (χ1v) is 10.8. The highest BCUT2D eigenvalue weighted by molar-refractivity contribution is 9.10. The molecule has 0 saturated carbocycles. The van der Waals surface area contributed by atoms with Crippen LogP contribution in [0.4, 0.5) is 0 Å². The molecule has 0 fully saturated rings. The van der Waals surface area contributed by atoms with E-state index in [9.17, 15) is 4.79 Å². The lowest BCUT2D eigenvalue weighted by atomic mass is 9.77. The third-order valence-electron chi connectivity index (χ3n) is 5.69. The Morgan fingerprint density at radius 2 is 1.19 bits per heavy atom. The summed E-state index contributed by atoms with van der Waals surface area (Å²) < 4.78 is 2.78. The highest BCUT2D eigenvalue weighted by Gasteiger charge is 2.40. The molecule has 0 bridgehead atoms. The molecule has 0 saturated heterocycles. The van der Waals surface area contributed by atoms with E-state index in [1.54, 1.807) is 0 Å². The van der Waals surface area contributed by atoms with Crippen molar-refractivity contribution in [2.45, 2.75) is 5.54 Å². The standard InChI is InChI=1S/C27H19BrN2O/c28-26-24-18-20(19-31)16-17-25(24)30(29-26)27(21-10-4-1-5-11-21,22-12-6-2-7-13-22)23-14-8-3-9-15-23/h1-19H. The number of fused-ring (bicyclic) bond motifs is 1. The number of carbonyl (C=O) groups excluding carboxylic acids is 1. The average Bonchev–Trinajstić information content (AvgIpc) is 3.17. The average molecular weight is 467 g/mol. The van der Waals surface area contributed by atoms with E-state index in [1.165, 1.54) is 0 Å². The number of aldehydes is 1. The van der Waals surface area contributed by atoms with Crippen LogP contribution in [0.15, 0.2) is 114 Å². The van der Waals surface area contributed by atoms with Gasteiger partial charge in [-0.25, -0.2) is 4.68 Å². The number of aromatic nitrogens is 2. The molecule has 0 aliphatic rings. The molecule has 0 unspecified atom stereocenters. The van der Waals surface area contributed by atoms with Gasteiger partial charge in [-0.05, 0) is 50.8 Å². The summed E-state index contributed by atoms with van der Waals surface area (Å²) in [7, 11) is 0. The van der Waals surface area contributed by atoms with E-state index in [1.807, 2.05) is 36.4 Å². The number of nitrogens with zero attached hydrogens (tertiary/aromatic N) is 2. The third kappa shape index (κ3) is 3.11. The summed E-state index contributed by atoms with van der Waals surface area (Å²) in [6, 6.07) is 36.9. The lowest BCUT2D eigenvalue weighted by molar-refractivity contribution is 0.112. The summed E-state index contributed by atoms with van der Waals surface area (Å²) in [6.45, 7) is 0. The molecule has 4 heteroatoms. The molecule has 0 aliphatic heterocycles. The van der Waals surface area contributed by atoms with Crippen molar-refractivity contribution in [3.63, 3.8) is 0 Å². The van der Waals surface area contributed by atoms with Crippen molar-refractivity contribution in [2.24, 2.45) is 0 Å². The van der Waals surface area contributed by atoms with Gasteiger partial charge >= 0.3 is 0 Å². The fraction of sp³-hybridized carbons (Fsp3) is 0.0370. The molecule has 1 heterocycles. The molecule has 0 atom stereocenters. The molecule has 0 aliphatic carbocycles. The minimum atomic E-state index is -0.698. The molecule has 4 aromatic carbocycles. The highest BCUT2D eigenvalue weighted by atomic mass is 79.9. The van der Waals surface area contributed by atoms with Gasteiger partial charge in [0.1, 0.15) is 16.4 Å². The monoisotopic (exact) mass is 466 g/mol. The smallest absolute Gasteiger partial charge is 0.150 e. The first kappa shape index (κ1) is 19.5. The van der Waals surface area contributed by atoms with Crippen molar-refractivity contribution in [2.75, 3.05) is 0 Å². The fourth-order valence-electron chi connectivity index (χ4n) is 4.33. The SMILES string of the molecule is O=Cc1ccc2c(c1)c(Br)nn2C(c1ccccc1)(c1ccccc1)c1ccccc1. The second kappa shape index (κ2) is 7.97. The molecule has 5 aromatic rings. The van der Waals surface area contributed by atoms with Crippen molar-refractivity contribution in [3.05, 3.63) is 136 Å². The van der Waals surface area contributed by atoms with Crippen LogP contribution in [0.2, 0.25) is 0 Å². The van der Waals surface area contributed by atoms with Gasteiger partial charge in [0.05, 0.1) is 5.52 Å². The number of benzene rings is 4. The van der Waals surface area contributed by atoms with Gasteiger partial charge in [-0.2, -0.15) is 5.10 Å². The summed E-state index contributed by atoms with van der Waals surface area (Å²) in [5.74, 6) is 0. The van der Waals surface area contributed by atoms with E-state index in [0.717, 1.165) is 33.9 Å². The summed E-state index contributed by atoms with van der Waals surface area (Å²) in [5.41, 5.74) is 4.17. The molecule has 0 spiro atoms. The minimum Gasteiger partial charge on any atom is -0.298 e. The van der Waals surface area contributed by atoms with Gasteiger partial charge in [0.25, 0.3) is 0 Å². The molecule has 5 rings (SSSR count). The number of hydrogen-bond acceptors (Lipinski definition) is 2. The van der Waals surface area contributed by atoms with Gasteiger partial charge in [-0.3, -0.25) is 4.79 Å². The molecule has 0 amide bonds. The first-order chi connectivity index (χ1) is 15.2. The maximum Gasteiger partial charge on any atom is 0.150 e. The van der Waals surface area contributed by atoms with E-state index in [4.69, 9.17) is 5.10 Å². The zero-order valence-electron chi connectivity index (χ0n) is 16.7. The van der Waals surface area contributed by atoms with Crippen LogP contribution >= 0.6 is 15.9 Å². The predicted molar refractivity (Wildman–Crippen MR) is 127 cm³/mol. The Morgan fingerprint density at radius 3 is 1.65 bits per heavy atom. The summed E-state index contributed by atoms with van der Waals surface area (Å²) >= 11 is 3.64. The second-order valence-electron chi connectivity index (χ2n) is 7.41. The first-order valence-electron chi connectivity index (χ1n) is 10.1. The van der Waals surface area contributed by atoms with Crippen LogP contribution < -0.4 is 0 Å². The van der Waals surface area contributed by atoms with Crippen molar-refractivity contribution in [1.82, 2.24) is 9.78 Å². The quantitative estimate of drug-likeness (QED) is 0.220. The Kier molecular flexibility index (Phi) is 5.00.